The Morgan fingerprint density at radius 1 is 1.38 bits per heavy atom. The van der Waals surface area contributed by atoms with E-state index in [4.69, 9.17) is 0 Å². The van der Waals surface area contributed by atoms with Gasteiger partial charge in [0.15, 0.2) is 5.96 Å². The van der Waals surface area contributed by atoms with Gasteiger partial charge in [0.2, 0.25) is 0 Å². The number of aliphatic imine (C=N–C) groups is 1. The molecule has 1 aliphatic carbocycles. The van der Waals surface area contributed by atoms with E-state index in [9.17, 15) is 10.1 Å². The first-order valence-electron chi connectivity index (χ1n) is 6.97. The number of nitrogens with one attached hydrogen (secondary N) is 2. The molecule has 0 spiro atoms. The highest BCUT2D eigenvalue weighted by Crippen LogP contribution is 2.18. The van der Waals surface area contributed by atoms with Gasteiger partial charge in [0.25, 0.3) is 5.69 Å². The van der Waals surface area contributed by atoms with Crippen molar-refractivity contribution in [1.29, 1.82) is 0 Å². The summed E-state index contributed by atoms with van der Waals surface area (Å²) in [5, 5.41) is 17.2. The highest BCUT2D eigenvalue weighted by molar-refractivity contribution is 14.0. The number of hydrogen-bond donors (Lipinski definition) is 2. The molecule has 0 unspecified atom stereocenters. The molecule has 0 atom stereocenters. The van der Waals surface area contributed by atoms with Crippen molar-refractivity contribution in [2.24, 2.45) is 4.99 Å². The predicted octanol–water partition coefficient (Wildman–Crippen LogP) is 2.82. The van der Waals surface area contributed by atoms with Crippen LogP contribution in [0.5, 0.6) is 0 Å². The lowest BCUT2D eigenvalue weighted by atomic mass is 10.2. The van der Waals surface area contributed by atoms with Gasteiger partial charge in [-0.05, 0) is 24.8 Å². The lowest BCUT2D eigenvalue weighted by molar-refractivity contribution is -0.384. The molecule has 0 heterocycles. The maximum Gasteiger partial charge on any atom is 0.269 e. The van der Waals surface area contributed by atoms with Gasteiger partial charge in [-0.15, -0.1) is 24.0 Å². The number of nitro benzene ring substituents is 1. The second-order valence-electron chi connectivity index (χ2n) is 4.93. The van der Waals surface area contributed by atoms with E-state index >= 15 is 0 Å². The molecule has 0 bridgehead atoms. The molecular formula is C14H21IN4O2. The summed E-state index contributed by atoms with van der Waals surface area (Å²) in [5.74, 6) is 0.827. The molecule has 0 aliphatic heterocycles. The molecule has 0 radical (unpaired) electrons. The highest BCUT2D eigenvalue weighted by Gasteiger charge is 2.22. The van der Waals surface area contributed by atoms with Crippen LogP contribution in [0.2, 0.25) is 0 Å². The zero-order valence-corrected chi connectivity index (χ0v) is 14.4. The van der Waals surface area contributed by atoms with Gasteiger partial charge in [0.1, 0.15) is 0 Å². The topological polar surface area (TPSA) is 79.6 Å². The molecule has 1 saturated carbocycles. The molecule has 1 aliphatic rings. The summed E-state index contributed by atoms with van der Waals surface area (Å²) in [7, 11) is 0. The summed E-state index contributed by atoms with van der Waals surface area (Å²) in [4.78, 5) is 14.7. The maximum atomic E-state index is 10.6. The van der Waals surface area contributed by atoms with Crippen molar-refractivity contribution in [2.45, 2.75) is 38.8 Å². The van der Waals surface area contributed by atoms with Gasteiger partial charge in [-0.3, -0.25) is 10.1 Å². The zero-order chi connectivity index (χ0) is 14.4. The summed E-state index contributed by atoms with van der Waals surface area (Å²) >= 11 is 0. The smallest absolute Gasteiger partial charge is 0.269 e. The summed E-state index contributed by atoms with van der Waals surface area (Å²) in [6.45, 7) is 3.51. The fraction of sp³-hybridized carbons (Fsp3) is 0.500. The van der Waals surface area contributed by atoms with E-state index in [1.54, 1.807) is 12.1 Å². The number of non-ortho nitro benzene ring substituents is 1. The molecule has 1 fully saturated rings. The number of nitro groups is 1. The Kier molecular flexibility index (Phi) is 7.41. The largest absolute Gasteiger partial charge is 0.356 e. The third-order valence-electron chi connectivity index (χ3n) is 3.03. The zero-order valence-electron chi connectivity index (χ0n) is 12.0. The number of hydrogen-bond acceptors (Lipinski definition) is 3. The van der Waals surface area contributed by atoms with Crippen LogP contribution in [-0.2, 0) is 6.54 Å². The van der Waals surface area contributed by atoms with Crippen LogP contribution in [0.3, 0.4) is 0 Å². The van der Waals surface area contributed by atoms with Gasteiger partial charge in [-0.1, -0.05) is 19.1 Å². The monoisotopic (exact) mass is 404 g/mol. The Balaban J connectivity index is 0.00000220. The van der Waals surface area contributed by atoms with E-state index in [1.807, 2.05) is 0 Å². The Bertz CT molecular complexity index is 486. The third kappa shape index (κ3) is 6.28. The van der Waals surface area contributed by atoms with Crippen LogP contribution in [-0.4, -0.2) is 23.5 Å². The number of halogens is 1. The summed E-state index contributed by atoms with van der Waals surface area (Å²) in [6.07, 6.45) is 3.44. The lowest BCUT2D eigenvalue weighted by Crippen LogP contribution is -2.39. The second-order valence-corrected chi connectivity index (χ2v) is 4.93. The standard InChI is InChI=1S/C14H20N4O2.HI/c1-2-9-15-14(17-12-5-6-12)16-10-11-3-7-13(8-4-11)18(19)20;/h3-4,7-8,12H,2,5-6,9-10H2,1H3,(H2,15,16,17);1H. The van der Waals surface area contributed by atoms with Gasteiger partial charge in [0.05, 0.1) is 11.5 Å². The minimum Gasteiger partial charge on any atom is -0.356 e. The molecule has 21 heavy (non-hydrogen) atoms. The van der Waals surface area contributed by atoms with Crippen molar-refractivity contribution < 1.29 is 4.92 Å². The minimum atomic E-state index is -0.393. The first-order valence-corrected chi connectivity index (χ1v) is 6.97. The molecule has 0 saturated heterocycles. The predicted molar refractivity (Wildman–Crippen MR) is 94.1 cm³/mol. The molecule has 2 rings (SSSR count). The lowest BCUT2D eigenvalue weighted by Gasteiger charge is -2.11. The molecule has 0 amide bonds. The molecule has 2 N–H and O–H groups in total. The fourth-order valence-corrected chi connectivity index (χ4v) is 1.71. The van der Waals surface area contributed by atoms with Crippen LogP contribution >= 0.6 is 24.0 Å². The highest BCUT2D eigenvalue weighted by atomic mass is 127. The van der Waals surface area contributed by atoms with Gasteiger partial charge in [-0.2, -0.15) is 0 Å². The van der Waals surface area contributed by atoms with Crippen molar-refractivity contribution in [3.8, 4) is 0 Å². The van der Waals surface area contributed by atoms with E-state index in [-0.39, 0.29) is 29.7 Å². The average molecular weight is 404 g/mol. The quantitative estimate of drug-likeness (QED) is 0.251. The summed E-state index contributed by atoms with van der Waals surface area (Å²) in [5.41, 5.74) is 1.07. The number of guanidine groups is 1. The van der Waals surface area contributed by atoms with Gasteiger partial charge in [-0.25, -0.2) is 4.99 Å². The third-order valence-corrected chi connectivity index (χ3v) is 3.03. The Hall–Kier alpha value is -1.38. The van der Waals surface area contributed by atoms with Crippen molar-refractivity contribution in [2.75, 3.05) is 6.54 Å². The molecular weight excluding hydrogens is 383 g/mol. The summed E-state index contributed by atoms with van der Waals surface area (Å²) < 4.78 is 0. The van der Waals surface area contributed by atoms with E-state index < -0.39 is 4.92 Å². The minimum absolute atomic E-state index is 0. The molecule has 1 aromatic carbocycles. The molecule has 0 aromatic heterocycles. The molecule has 1 aromatic rings. The first-order chi connectivity index (χ1) is 9.69. The van der Waals surface area contributed by atoms with Gasteiger partial charge in [0, 0.05) is 24.7 Å². The SMILES string of the molecule is CCCNC(=NCc1ccc([N+](=O)[O-])cc1)NC1CC1.I. The van der Waals surface area contributed by atoms with Gasteiger partial charge >= 0.3 is 0 Å². The number of rotatable bonds is 6. The van der Waals surface area contributed by atoms with Crippen LogP contribution in [0.15, 0.2) is 29.3 Å². The van der Waals surface area contributed by atoms with Crippen LogP contribution in [0.25, 0.3) is 0 Å². The van der Waals surface area contributed by atoms with Crippen LogP contribution in [0.4, 0.5) is 5.69 Å². The molecule has 7 heteroatoms. The van der Waals surface area contributed by atoms with Crippen LogP contribution < -0.4 is 10.6 Å². The van der Waals surface area contributed by atoms with E-state index in [2.05, 4.69) is 22.5 Å². The van der Waals surface area contributed by atoms with Crippen LogP contribution in [0, 0.1) is 10.1 Å². The van der Waals surface area contributed by atoms with Gasteiger partial charge < -0.3 is 10.6 Å². The normalized spacial score (nSPS) is 14.2. The van der Waals surface area contributed by atoms with Crippen LogP contribution in [0.1, 0.15) is 31.7 Å². The number of nitrogens with zero attached hydrogens (tertiary/aromatic N) is 2. The molecule has 116 valence electrons. The van der Waals surface area contributed by atoms with Crippen molar-refractivity contribution in [1.82, 2.24) is 10.6 Å². The maximum absolute atomic E-state index is 10.6. The van der Waals surface area contributed by atoms with Crippen molar-refractivity contribution in [3.63, 3.8) is 0 Å². The molecule has 6 nitrogen and oxygen atoms in total. The fourth-order valence-electron chi connectivity index (χ4n) is 1.71. The van der Waals surface area contributed by atoms with E-state index in [0.29, 0.717) is 12.6 Å². The number of benzene rings is 1. The Morgan fingerprint density at radius 2 is 2.05 bits per heavy atom. The average Bonchev–Trinajstić information content (AvgIpc) is 3.26. The van der Waals surface area contributed by atoms with E-state index in [0.717, 1.165) is 24.5 Å². The van der Waals surface area contributed by atoms with Crippen molar-refractivity contribution >= 4 is 35.6 Å². The van der Waals surface area contributed by atoms with Crippen molar-refractivity contribution in [3.05, 3.63) is 39.9 Å². The summed E-state index contributed by atoms with van der Waals surface area (Å²) in [6, 6.07) is 7.07. The van der Waals surface area contributed by atoms with E-state index in [1.165, 1.54) is 25.0 Å². The Labute approximate surface area is 141 Å². The second kappa shape index (κ2) is 8.81. The first kappa shape index (κ1) is 17.7. The Morgan fingerprint density at radius 3 is 2.57 bits per heavy atom.